The maximum Gasteiger partial charge on any atom is 0.308 e. The Morgan fingerprint density at radius 3 is 2.92 bits per heavy atom. The van der Waals surface area contributed by atoms with Crippen LogP contribution in [0.5, 0.6) is 5.95 Å². The van der Waals surface area contributed by atoms with Crippen LogP contribution in [0.25, 0.3) is 0 Å². The molecule has 0 aliphatic heterocycles. The molecule has 0 aliphatic rings. The molecule has 0 fully saturated rings. The van der Waals surface area contributed by atoms with Crippen molar-refractivity contribution in [1.82, 2.24) is 4.98 Å². The van der Waals surface area contributed by atoms with Crippen molar-refractivity contribution in [1.29, 1.82) is 0 Å². The molecule has 0 aliphatic carbocycles. The van der Waals surface area contributed by atoms with Crippen molar-refractivity contribution in [2.45, 2.75) is 13.3 Å². The highest BCUT2D eigenvalue weighted by atomic mass is 32.2. The molecule has 0 saturated carbocycles. The summed E-state index contributed by atoms with van der Waals surface area (Å²) in [6, 6.07) is 0. The second-order valence-corrected chi connectivity index (χ2v) is 3.40. The van der Waals surface area contributed by atoms with Crippen LogP contribution in [0.15, 0.2) is 4.42 Å². The van der Waals surface area contributed by atoms with Crippen molar-refractivity contribution in [3.8, 4) is 5.95 Å². The molecule has 4 heteroatoms. The molecule has 0 N–H and O–H groups in total. The normalized spacial score (nSPS) is 10.2. The third kappa shape index (κ3) is 2.17. The van der Waals surface area contributed by atoms with Gasteiger partial charge in [-0.1, -0.05) is 0 Å². The summed E-state index contributed by atoms with van der Waals surface area (Å²) in [6.07, 6.45) is 2.97. The second-order valence-electron chi connectivity index (χ2n) is 2.41. The minimum Gasteiger partial charge on any atom is -0.467 e. The number of hydrogen-bond acceptors (Lipinski definition) is 4. The van der Waals surface area contributed by atoms with Gasteiger partial charge in [-0.2, -0.15) is 11.8 Å². The summed E-state index contributed by atoms with van der Waals surface area (Å²) in [5, 5.41) is 0. The van der Waals surface area contributed by atoms with Crippen LogP contribution < -0.4 is 4.74 Å². The highest BCUT2D eigenvalue weighted by Crippen LogP contribution is 2.20. The van der Waals surface area contributed by atoms with Crippen LogP contribution in [-0.4, -0.2) is 24.1 Å². The van der Waals surface area contributed by atoms with Crippen LogP contribution in [0.3, 0.4) is 0 Å². The molecule has 1 heterocycles. The van der Waals surface area contributed by atoms with Gasteiger partial charge in [0.1, 0.15) is 5.69 Å². The molecule has 1 aromatic rings. The lowest BCUT2D eigenvalue weighted by Crippen LogP contribution is -1.92. The van der Waals surface area contributed by atoms with Crippen molar-refractivity contribution in [3.05, 3.63) is 11.6 Å². The van der Waals surface area contributed by atoms with Crippen molar-refractivity contribution in [2.75, 3.05) is 19.1 Å². The molecule has 1 rings (SSSR count). The van der Waals surface area contributed by atoms with Crippen LogP contribution in [0, 0.1) is 6.92 Å². The first-order chi connectivity index (χ1) is 5.77. The number of aryl methyl sites for hydroxylation is 2. The number of ether oxygens (including phenoxy) is 1. The van der Waals surface area contributed by atoms with Crippen molar-refractivity contribution < 1.29 is 9.15 Å². The molecule has 0 radical (unpaired) electrons. The minimum absolute atomic E-state index is 0.557. The van der Waals surface area contributed by atoms with Gasteiger partial charge < -0.3 is 9.15 Å². The first-order valence-corrected chi connectivity index (χ1v) is 5.16. The molecule has 0 saturated heterocycles. The average Bonchev–Trinajstić information content (AvgIpc) is 2.42. The van der Waals surface area contributed by atoms with Gasteiger partial charge in [0, 0.05) is 13.3 Å². The molecule has 0 bridgehead atoms. The van der Waals surface area contributed by atoms with Gasteiger partial charge in [0.25, 0.3) is 0 Å². The number of thioether (sulfide) groups is 1. The van der Waals surface area contributed by atoms with Gasteiger partial charge in [-0.15, -0.1) is 0 Å². The maximum absolute atomic E-state index is 5.22. The Morgan fingerprint density at radius 2 is 2.33 bits per heavy atom. The van der Waals surface area contributed by atoms with Gasteiger partial charge >= 0.3 is 5.95 Å². The van der Waals surface area contributed by atoms with Gasteiger partial charge in [0.2, 0.25) is 0 Å². The first kappa shape index (κ1) is 9.45. The predicted octanol–water partition coefficient (Wildman–Crippen LogP) is 1.90. The maximum atomic E-state index is 5.22. The van der Waals surface area contributed by atoms with E-state index in [9.17, 15) is 0 Å². The zero-order valence-corrected chi connectivity index (χ0v) is 8.40. The fourth-order valence-corrected chi connectivity index (χ4v) is 1.37. The standard InChI is InChI=1S/C8H13NO2S/c1-6-9-7(4-5-12-3)8(10-2)11-6/h4-5H2,1-3H3. The molecule has 12 heavy (non-hydrogen) atoms. The van der Waals surface area contributed by atoms with Crippen LogP contribution in [-0.2, 0) is 6.42 Å². The molecule has 0 aromatic carbocycles. The van der Waals surface area contributed by atoms with Crippen LogP contribution in [0.4, 0.5) is 0 Å². The number of hydrogen-bond donors (Lipinski definition) is 0. The summed E-state index contributed by atoms with van der Waals surface area (Å²) in [4.78, 5) is 4.21. The third-order valence-electron chi connectivity index (χ3n) is 1.50. The summed E-state index contributed by atoms with van der Waals surface area (Å²) >= 11 is 1.79. The first-order valence-electron chi connectivity index (χ1n) is 3.77. The Labute approximate surface area is 76.5 Å². The Balaban J connectivity index is 2.68. The van der Waals surface area contributed by atoms with E-state index >= 15 is 0 Å². The minimum atomic E-state index is 0.557. The topological polar surface area (TPSA) is 35.3 Å². The number of aromatic nitrogens is 1. The highest BCUT2D eigenvalue weighted by Gasteiger charge is 2.09. The van der Waals surface area contributed by atoms with Crippen molar-refractivity contribution in [3.63, 3.8) is 0 Å². The Kier molecular flexibility index (Phi) is 3.47. The van der Waals surface area contributed by atoms with Gasteiger partial charge in [-0.05, 0) is 12.0 Å². The van der Waals surface area contributed by atoms with Crippen LogP contribution in [0.1, 0.15) is 11.6 Å². The molecule has 1 aromatic heterocycles. The van der Waals surface area contributed by atoms with Crippen molar-refractivity contribution >= 4 is 11.8 Å². The zero-order chi connectivity index (χ0) is 8.97. The van der Waals surface area contributed by atoms with Gasteiger partial charge in [0.15, 0.2) is 5.89 Å². The number of oxazole rings is 1. The molecule has 0 amide bonds. The van der Waals surface area contributed by atoms with Crippen LogP contribution in [0.2, 0.25) is 0 Å². The predicted molar refractivity (Wildman–Crippen MR) is 49.9 cm³/mol. The van der Waals surface area contributed by atoms with E-state index in [0.717, 1.165) is 17.9 Å². The Hall–Kier alpha value is -0.640. The quantitative estimate of drug-likeness (QED) is 0.721. The lowest BCUT2D eigenvalue weighted by atomic mass is 10.4. The van der Waals surface area contributed by atoms with E-state index in [1.807, 2.05) is 6.92 Å². The van der Waals surface area contributed by atoms with Crippen LogP contribution >= 0.6 is 11.8 Å². The lowest BCUT2D eigenvalue weighted by molar-refractivity contribution is 0.294. The molecular formula is C8H13NO2S. The van der Waals surface area contributed by atoms with Gasteiger partial charge in [0.05, 0.1) is 7.11 Å². The fraction of sp³-hybridized carbons (Fsp3) is 0.625. The summed E-state index contributed by atoms with van der Waals surface area (Å²) < 4.78 is 10.2. The highest BCUT2D eigenvalue weighted by molar-refractivity contribution is 7.98. The third-order valence-corrected chi connectivity index (χ3v) is 2.11. The van der Waals surface area contributed by atoms with E-state index in [2.05, 4.69) is 11.2 Å². The summed E-state index contributed by atoms with van der Waals surface area (Å²) in [7, 11) is 1.60. The molecule has 68 valence electrons. The monoisotopic (exact) mass is 187 g/mol. The largest absolute Gasteiger partial charge is 0.467 e. The smallest absolute Gasteiger partial charge is 0.308 e. The number of methoxy groups -OCH3 is 1. The molecule has 0 unspecified atom stereocenters. The van der Waals surface area contributed by atoms with E-state index in [4.69, 9.17) is 9.15 Å². The van der Waals surface area contributed by atoms with E-state index in [-0.39, 0.29) is 0 Å². The molecule has 0 spiro atoms. The van der Waals surface area contributed by atoms with E-state index in [0.29, 0.717) is 11.8 Å². The Bertz CT molecular complexity index is 247. The molecule has 3 nitrogen and oxygen atoms in total. The number of rotatable bonds is 4. The summed E-state index contributed by atoms with van der Waals surface area (Å²) in [5.74, 6) is 2.27. The summed E-state index contributed by atoms with van der Waals surface area (Å²) in [5.41, 5.74) is 0.921. The van der Waals surface area contributed by atoms with Gasteiger partial charge in [-0.25, -0.2) is 4.98 Å². The fourth-order valence-electron chi connectivity index (χ4n) is 0.968. The van der Waals surface area contributed by atoms with E-state index in [1.165, 1.54) is 0 Å². The second kappa shape index (κ2) is 4.40. The SMILES string of the molecule is COc1oc(C)nc1CCSC. The Morgan fingerprint density at radius 1 is 1.58 bits per heavy atom. The molecule has 0 atom stereocenters. The molecular weight excluding hydrogens is 174 g/mol. The van der Waals surface area contributed by atoms with Crippen molar-refractivity contribution in [2.24, 2.45) is 0 Å². The van der Waals surface area contributed by atoms with Gasteiger partial charge in [-0.3, -0.25) is 0 Å². The summed E-state index contributed by atoms with van der Waals surface area (Å²) in [6.45, 7) is 1.82. The zero-order valence-electron chi connectivity index (χ0n) is 7.59. The average molecular weight is 187 g/mol. The lowest BCUT2D eigenvalue weighted by Gasteiger charge is -1.96. The van der Waals surface area contributed by atoms with E-state index < -0.39 is 0 Å². The number of nitrogens with zero attached hydrogens (tertiary/aromatic N) is 1. The van der Waals surface area contributed by atoms with E-state index in [1.54, 1.807) is 18.9 Å².